The van der Waals surface area contributed by atoms with Crippen LogP contribution in [0.15, 0.2) is 24.3 Å². The number of benzene rings is 1. The van der Waals surface area contributed by atoms with Gasteiger partial charge in [-0.1, -0.05) is 38.1 Å². The van der Waals surface area contributed by atoms with Crippen molar-refractivity contribution >= 4 is 12.6 Å². The summed E-state index contributed by atoms with van der Waals surface area (Å²) in [5.74, 6) is 0.732. The van der Waals surface area contributed by atoms with Crippen LogP contribution in [0.4, 0.5) is 0 Å². The smallest absolute Gasteiger partial charge is 0.399 e. The Morgan fingerprint density at radius 2 is 1.65 bits per heavy atom. The van der Waals surface area contributed by atoms with Crippen molar-refractivity contribution in [3.8, 4) is 0 Å². The number of hydrogen-bond donors (Lipinski definition) is 0. The van der Waals surface area contributed by atoms with Crippen molar-refractivity contribution in [1.82, 2.24) is 0 Å². The van der Waals surface area contributed by atoms with Gasteiger partial charge in [-0.25, -0.2) is 0 Å². The predicted molar refractivity (Wildman–Crippen MR) is 85.3 cm³/mol. The Morgan fingerprint density at radius 3 is 2.20 bits per heavy atom. The molecule has 20 heavy (non-hydrogen) atoms. The first-order valence-electron chi connectivity index (χ1n) is 7.66. The Labute approximate surface area is 124 Å². The highest BCUT2D eigenvalue weighted by molar-refractivity contribution is 6.62. The fourth-order valence-corrected chi connectivity index (χ4v) is 2.33. The molecule has 1 fully saturated rings. The van der Waals surface area contributed by atoms with E-state index >= 15 is 0 Å². The van der Waals surface area contributed by atoms with Crippen molar-refractivity contribution in [3.63, 3.8) is 0 Å². The van der Waals surface area contributed by atoms with Gasteiger partial charge in [0.1, 0.15) is 0 Å². The van der Waals surface area contributed by atoms with Gasteiger partial charge in [0, 0.05) is 0 Å². The van der Waals surface area contributed by atoms with E-state index in [4.69, 9.17) is 9.31 Å². The molecule has 1 heterocycles. The van der Waals surface area contributed by atoms with E-state index in [2.05, 4.69) is 65.8 Å². The molecule has 2 nitrogen and oxygen atoms in total. The van der Waals surface area contributed by atoms with Crippen LogP contribution in [0, 0.1) is 5.92 Å². The van der Waals surface area contributed by atoms with Crippen LogP contribution in [0.5, 0.6) is 0 Å². The molecule has 0 bridgehead atoms. The van der Waals surface area contributed by atoms with Crippen molar-refractivity contribution in [2.45, 2.75) is 65.6 Å². The van der Waals surface area contributed by atoms with E-state index in [9.17, 15) is 0 Å². The van der Waals surface area contributed by atoms with Crippen LogP contribution in [-0.4, -0.2) is 18.3 Å². The lowest BCUT2D eigenvalue weighted by Gasteiger charge is -2.32. The van der Waals surface area contributed by atoms with Gasteiger partial charge < -0.3 is 9.31 Å². The second kappa shape index (κ2) is 5.53. The van der Waals surface area contributed by atoms with Crippen LogP contribution in [0.1, 0.15) is 53.5 Å². The molecule has 1 aromatic carbocycles. The van der Waals surface area contributed by atoms with Gasteiger partial charge >= 0.3 is 7.12 Å². The molecule has 0 aromatic heterocycles. The molecule has 0 saturated carbocycles. The fourth-order valence-electron chi connectivity index (χ4n) is 2.33. The van der Waals surface area contributed by atoms with Crippen molar-refractivity contribution < 1.29 is 9.31 Å². The fraction of sp³-hybridized carbons (Fsp3) is 0.647. The quantitative estimate of drug-likeness (QED) is 0.781. The SMILES string of the molecule is CC(C)CCc1cccc(B2OC(C)(C)C(C)(C)O2)c1. The number of aryl methyl sites for hydroxylation is 1. The van der Waals surface area contributed by atoms with Crippen LogP contribution in [0.3, 0.4) is 0 Å². The van der Waals surface area contributed by atoms with Gasteiger partial charge in [0.15, 0.2) is 0 Å². The van der Waals surface area contributed by atoms with Gasteiger partial charge in [0.05, 0.1) is 11.2 Å². The molecule has 0 unspecified atom stereocenters. The Hall–Kier alpha value is -0.795. The molecule has 0 N–H and O–H groups in total. The van der Waals surface area contributed by atoms with E-state index in [1.807, 2.05) is 0 Å². The summed E-state index contributed by atoms with van der Waals surface area (Å²) in [4.78, 5) is 0. The Kier molecular flexibility index (Phi) is 4.31. The molecule has 0 atom stereocenters. The molecule has 0 spiro atoms. The minimum absolute atomic E-state index is 0.251. The molecule has 2 rings (SSSR count). The third-order valence-electron chi connectivity index (χ3n) is 4.49. The maximum Gasteiger partial charge on any atom is 0.494 e. The lowest BCUT2D eigenvalue weighted by Crippen LogP contribution is -2.41. The van der Waals surface area contributed by atoms with E-state index < -0.39 is 0 Å². The second-order valence-electron chi connectivity index (χ2n) is 7.27. The van der Waals surface area contributed by atoms with E-state index in [-0.39, 0.29) is 18.3 Å². The normalized spacial score (nSPS) is 20.6. The highest BCUT2D eigenvalue weighted by Crippen LogP contribution is 2.36. The topological polar surface area (TPSA) is 18.5 Å². The molecule has 1 aromatic rings. The molecule has 110 valence electrons. The third kappa shape index (κ3) is 3.26. The summed E-state index contributed by atoms with van der Waals surface area (Å²) in [5.41, 5.74) is 1.95. The molecule has 1 aliphatic rings. The second-order valence-corrected chi connectivity index (χ2v) is 7.27. The first kappa shape index (κ1) is 15.6. The highest BCUT2D eigenvalue weighted by Gasteiger charge is 2.51. The van der Waals surface area contributed by atoms with Crippen LogP contribution in [0.2, 0.25) is 0 Å². The zero-order valence-electron chi connectivity index (χ0n) is 13.7. The van der Waals surface area contributed by atoms with Gasteiger partial charge in [-0.15, -0.1) is 0 Å². The highest BCUT2D eigenvalue weighted by atomic mass is 16.7. The summed E-state index contributed by atoms with van der Waals surface area (Å²) in [7, 11) is -0.251. The zero-order chi connectivity index (χ0) is 15.0. The molecule has 3 heteroatoms. The van der Waals surface area contributed by atoms with E-state index in [0.717, 1.165) is 17.8 Å². The lowest BCUT2D eigenvalue weighted by atomic mass is 9.78. The van der Waals surface area contributed by atoms with E-state index in [0.29, 0.717) is 0 Å². The van der Waals surface area contributed by atoms with Crippen LogP contribution < -0.4 is 5.46 Å². The summed E-state index contributed by atoms with van der Waals surface area (Å²) in [6.07, 6.45) is 2.33. The van der Waals surface area contributed by atoms with Gasteiger partial charge in [-0.05, 0) is 57.5 Å². The standard InChI is InChI=1S/C17H27BO2/c1-13(2)10-11-14-8-7-9-15(12-14)18-19-16(3,4)17(5,6)20-18/h7-9,12-13H,10-11H2,1-6H3. The van der Waals surface area contributed by atoms with Gasteiger partial charge in [-0.3, -0.25) is 0 Å². The van der Waals surface area contributed by atoms with E-state index in [1.165, 1.54) is 12.0 Å². The Bertz CT molecular complexity index is 450. The van der Waals surface area contributed by atoms with Gasteiger partial charge in [0.25, 0.3) is 0 Å². The van der Waals surface area contributed by atoms with Crippen molar-refractivity contribution in [2.24, 2.45) is 5.92 Å². The molecule has 1 saturated heterocycles. The average Bonchev–Trinajstić information content (AvgIpc) is 2.56. The third-order valence-corrected chi connectivity index (χ3v) is 4.49. The van der Waals surface area contributed by atoms with Crippen molar-refractivity contribution in [3.05, 3.63) is 29.8 Å². The summed E-state index contributed by atoms with van der Waals surface area (Å²) in [5, 5.41) is 0. The summed E-state index contributed by atoms with van der Waals surface area (Å²) in [6, 6.07) is 8.62. The Morgan fingerprint density at radius 1 is 1.05 bits per heavy atom. The molecule has 0 radical (unpaired) electrons. The lowest BCUT2D eigenvalue weighted by molar-refractivity contribution is 0.00578. The molecule has 1 aliphatic heterocycles. The van der Waals surface area contributed by atoms with E-state index in [1.54, 1.807) is 0 Å². The Balaban J connectivity index is 2.12. The first-order valence-corrected chi connectivity index (χ1v) is 7.66. The molecule has 0 aliphatic carbocycles. The summed E-state index contributed by atoms with van der Waals surface area (Å²) < 4.78 is 12.2. The number of hydrogen-bond acceptors (Lipinski definition) is 2. The van der Waals surface area contributed by atoms with Crippen LogP contribution in [0.25, 0.3) is 0 Å². The molecular formula is C17H27BO2. The number of rotatable bonds is 4. The zero-order valence-corrected chi connectivity index (χ0v) is 13.7. The molecule has 0 amide bonds. The largest absolute Gasteiger partial charge is 0.494 e. The maximum absolute atomic E-state index is 6.11. The van der Waals surface area contributed by atoms with Gasteiger partial charge in [-0.2, -0.15) is 0 Å². The predicted octanol–water partition coefficient (Wildman–Crippen LogP) is 3.57. The maximum atomic E-state index is 6.11. The van der Waals surface area contributed by atoms with Crippen LogP contribution in [-0.2, 0) is 15.7 Å². The minimum Gasteiger partial charge on any atom is -0.399 e. The monoisotopic (exact) mass is 274 g/mol. The van der Waals surface area contributed by atoms with Crippen LogP contribution >= 0.6 is 0 Å². The van der Waals surface area contributed by atoms with Gasteiger partial charge in [0.2, 0.25) is 0 Å². The van der Waals surface area contributed by atoms with Crippen molar-refractivity contribution in [2.75, 3.05) is 0 Å². The first-order chi connectivity index (χ1) is 9.21. The summed E-state index contributed by atoms with van der Waals surface area (Å²) >= 11 is 0. The molecular weight excluding hydrogens is 247 g/mol. The van der Waals surface area contributed by atoms with Crippen molar-refractivity contribution in [1.29, 1.82) is 0 Å². The average molecular weight is 274 g/mol. The minimum atomic E-state index is -0.272. The summed E-state index contributed by atoms with van der Waals surface area (Å²) in [6.45, 7) is 12.9.